The molecule has 0 heterocycles. The Morgan fingerprint density at radius 2 is 2.09 bits per heavy atom. The van der Waals surface area contributed by atoms with Crippen LogP contribution in [0.4, 0.5) is 0 Å². The molecule has 0 radical (unpaired) electrons. The largest absolute Gasteiger partial charge is 0.343 e. The van der Waals surface area contributed by atoms with E-state index in [0.29, 0.717) is 6.67 Å². The van der Waals surface area contributed by atoms with Gasteiger partial charge in [-0.3, -0.25) is 9.69 Å². The first-order valence-electron chi connectivity index (χ1n) is 4.00. The van der Waals surface area contributed by atoms with E-state index in [2.05, 4.69) is 5.32 Å². The molecule has 3 nitrogen and oxygen atoms in total. The smallest absolute Gasteiger partial charge is 0.223 e. The summed E-state index contributed by atoms with van der Waals surface area (Å²) < 4.78 is 0. The molecule has 1 atom stereocenters. The van der Waals surface area contributed by atoms with E-state index in [4.69, 9.17) is 0 Å². The fourth-order valence-corrected chi connectivity index (χ4v) is 0.596. The summed E-state index contributed by atoms with van der Waals surface area (Å²) in [6.07, 6.45) is 0.902. The zero-order valence-electron chi connectivity index (χ0n) is 7.85. The Balaban J connectivity index is 3.52. The summed E-state index contributed by atoms with van der Waals surface area (Å²) in [7, 11) is 3.85. The average molecular weight is 158 g/mol. The monoisotopic (exact) mass is 158 g/mol. The van der Waals surface area contributed by atoms with Crippen molar-refractivity contribution in [3.05, 3.63) is 0 Å². The predicted molar refractivity (Wildman–Crippen MR) is 46.2 cm³/mol. The predicted octanol–water partition coefficient (Wildman–Crippen LogP) is 0.668. The number of nitrogens with one attached hydrogen (secondary N) is 1. The summed E-state index contributed by atoms with van der Waals surface area (Å²) in [6.45, 7) is 4.58. The van der Waals surface area contributed by atoms with E-state index < -0.39 is 0 Å². The van der Waals surface area contributed by atoms with Crippen LogP contribution in [0, 0.1) is 5.92 Å². The molecular weight excluding hydrogens is 140 g/mol. The van der Waals surface area contributed by atoms with Gasteiger partial charge in [-0.1, -0.05) is 13.8 Å². The molecule has 1 amide bonds. The molecule has 3 heteroatoms. The molecule has 0 aromatic rings. The lowest BCUT2D eigenvalue weighted by Crippen LogP contribution is -2.36. The van der Waals surface area contributed by atoms with Crippen molar-refractivity contribution in [1.29, 1.82) is 0 Å². The van der Waals surface area contributed by atoms with Crippen molar-refractivity contribution >= 4 is 5.91 Å². The minimum Gasteiger partial charge on any atom is -0.343 e. The second kappa shape index (κ2) is 5.13. The van der Waals surface area contributed by atoms with Crippen LogP contribution in [0.1, 0.15) is 20.3 Å². The summed E-state index contributed by atoms with van der Waals surface area (Å²) >= 11 is 0. The van der Waals surface area contributed by atoms with E-state index in [1.54, 1.807) is 0 Å². The lowest BCUT2D eigenvalue weighted by Gasteiger charge is -2.13. The highest BCUT2D eigenvalue weighted by Gasteiger charge is 2.08. The van der Waals surface area contributed by atoms with Gasteiger partial charge < -0.3 is 5.32 Å². The molecule has 0 spiro atoms. The maximum absolute atomic E-state index is 11.1. The first-order chi connectivity index (χ1) is 5.07. The molecule has 66 valence electrons. The summed E-state index contributed by atoms with van der Waals surface area (Å²) in [4.78, 5) is 13.1. The maximum Gasteiger partial charge on any atom is 0.223 e. The first-order valence-corrected chi connectivity index (χ1v) is 4.00. The lowest BCUT2D eigenvalue weighted by atomic mass is 10.1. The zero-order valence-corrected chi connectivity index (χ0v) is 7.85. The third kappa shape index (κ3) is 4.79. The Kier molecular flexibility index (Phi) is 4.86. The van der Waals surface area contributed by atoms with Gasteiger partial charge in [0.2, 0.25) is 5.91 Å². The Morgan fingerprint density at radius 1 is 1.55 bits per heavy atom. The van der Waals surface area contributed by atoms with Crippen molar-refractivity contribution in [2.75, 3.05) is 20.8 Å². The van der Waals surface area contributed by atoms with Gasteiger partial charge in [-0.25, -0.2) is 0 Å². The van der Waals surface area contributed by atoms with Gasteiger partial charge in [0.15, 0.2) is 0 Å². The fourth-order valence-electron chi connectivity index (χ4n) is 0.596. The van der Waals surface area contributed by atoms with Crippen LogP contribution in [0.15, 0.2) is 0 Å². The van der Waals surface area contributed by atoms with Crippen LogP contribution in [0.25, 0.3) is 0 Å². The number of carbonyl (C=O) groups is 1. The Labute approximate surface area is 68.8 Å². The van der Waals surface area contributed by atoms with E-state index in [1.807, 2.05) is 32.8 Å². The molecule has 0 aliphatic rings. The van der Waals surface area contributed by atoms with Gasteiger partial charge in [0.05, 0.1) is 6.67 Å². The van der Waals surface area contributed by atoms with Gasteiger partial charge in [0, 0.05) is 5.92 Å². The topological polar surface area (TPSA) is 32.3 Å². The van der Waals surface area contributed by atoms with Gasteiger partial charge in [0.25, 0.3) is 0 Å². The molecule has 0 bridgehead atoms. The summed E-state index contributed by atoms with van der Waals surface area (Å²) in [5.74, 6) is 0.274. The molecule has 0 aliphatic carbocycles. The second-order valence-corrected chi connectivity index (χ2v) is 3.09. The van der Waals surface area contributed by atoms with Gasteiger partial charge in [0.1, 0.15) is 0 Å². The van der Waals surface area contributed by atoms with Crippen LogP contribution in [0.3, 0.4) is 0 Å². The van der Waals surface area contributed by atoms with Crippen molar-refractivity contribution in [3.63, 3.8) is 0 Å². The number of rotatable bonds is 4. The molecular formula is C8H18N2O. The molecule has 1 N–H and O–H groups in total. The SMILES string of the molecule is CCC(C)C(=O)NCN(C)C. The number of nitrogens with zero attached hydrogens (tertiary/aromatic N) is 1. The minimum absolute atomic E-state index is 0.134. The maximum atomic E-state index is 11.1. The van der Waals surface area contributed by atoms with Crippen LogP contribution in [0.2, 0.25) is 0 Å². The van der Waals surface area contributed by atoms with Crippen molar-refractivity contribution < 1.29 is 4.79 Å². The Morgan fingerprint density at radius 3 is 2.45 bits per heavy atom. The van der Waals surface area contributed by atoms with Crippen molar-refractivity contribution in [1.82, 2.24) is 10.2 Å². The molecule has 0 fully saturated rings. The quantitative estimate of drug-likeness (QED) is 0.610. The highest BCUT2D eigenvalue weighted by molar-refractivity contribution is 5.78. The van der Waals surface area contributed by atoms with E-state index in [9.17, 15) is 4.79 Å². The molecule has 0 rings (SSSR count). The number of hydrogen-bond donors (Lipinski definition) is 1. The summed E-state index contributed by atoms with van der Waals surface area (Å²) in [5.41, 5.74) is 0. The number of amides is 1. The number of carbonyl (C=O) groups excluding carboxylic acids is 1. The lowest BCUT2D eigenvalue weighted by molar-refractivity contribution is -0.125. The van der Waals surface area contributed by atoms with Crippen LogP contribution in [0.5, 0.6) is 0 Å². The molecule has 0 aromatic carbocycles. The Bertz CT molecular complexity index is 123. The average Bonchev–Trinajstić information content (AvgIpc) is 1.98. The normalized spacial score (nSPS) is 13.2. The second-order valence-electron chi connectivity index (χ2n) is 3.09. The third-order valence-electron chi connectivity index (χ3n) is 1.63. The summed E-state index contributed by atoms with van der Waals surface area (Å²) in [5, 5.41) is 2.82. The van der Waals surface area contributed by atoms with Gasteiger partial charge in [-0.05, 0) is 20.5 Å². The van der Waals surface area contributed by atoms with Crippen LogP contribution in [-0.4, -0.2) is 31.6 Å². The van der Waals surface area contributed by atoms with E-state index >= 15 is 0 Å². The minimum atomic E-state index is 0.134. The molecule has 0 aliphatic heterocycles. The highest BCUT2D eigenvalue weighted by atomic mass is 16.1. The standard InChI is InChI=1S/C8H18N2O/c1-5-7(2)8(11)9-6-10(3)4/h7H,5-6H2,1-4H3,(H,9,11). The van der Waals surface area contributed by atoms with E-state index in [-0.39, 0.29) is 11.8 Å². The van der Waals surface area contributed by atoms with Crippen molar-refractivity contribution in [2.45, 2.75) is 20.3 Å². The number of hydrogen-bond acceptors (Lipinski definition) is 2. The van der Waals surface area contributed by atoms with Crippen LogP contribution in [-0.2, 0) is 4.79 Å². The van der Waals surface area contributed by atoms with Crippen LogP contribution < -0.4 is 5.32 Å². The van der Waals surface area contributed by atoms with Crippen molar-refractivity contribution in [2.24, 2.45) is 5.92 Å². The molecule has 0 saturated heterocycles. The summed E-state index contributed by atoms with van der Waals surface area (Å²) in [6, 6.07) is 0. The first kappa shape index (κ1) is 10.4. The van der Waals surface area contributed by atoms with Gasteiger partial charge in [-0.2, -0.15) is 0 Å². The van der Waals surface area contributed by atoms with Gasteiger partial charge in [-0.15, -0.1) is 0 Å². The van der Waals surface area contributed by atoms with Gasteiger partial charge >= 0.3 is 0 Å². The van der Waals surface area contributed by atoms with E-state index in [0.717, 1.165) is 6.42 Å². The highest BCUT2D eigenvalue weighted by Crippen LogP contribution is 1.98. The fraction of sp³-hybridized carbons (Fsp3) is 0.875. The van der Waals surface area contributed by atoms with Crippen LogP contribution >= 0.6 is 0 Å². The molecule has 0 saturated carbocycles. The van der Waals surface area contributed by atoms with E-state index in [1.165, 1.54) is 0 Å². The molecule has 1 unspecified atom stereocenters. The Hall–Kier alpha value is -0.570. The third-order valence-corrected chi connectivity index (χ3v) is 1.63. The zero-order chi connectivity index (χ0) is 8.85. The van der Waals surface area contributed by atoms with Crippen molar-refractivity contribution in [3.8, 4) is 0 Å². The molecule has 11 heavy (non-hydrogen) atoms. The molecule has 0 aromatic heterocycles.